The maximum absolute atomic E-state index is 13.0. The predicted molar refractivity (Wildman–Crippen MR) is 119 cm³/mol. The van der Waals surface area contributed by atoms with E-state index in [0.29, 0.717) is 24.7 Å². The van der Waals surface area contributed by atoms with E-state index in [1.165, 1.54) is 29.2 Å². The van der Waals surface area contributed by atoms with Crippen LogP contribution in [0, 0.1) is 5.82 Å². The van der Waals surface area contributed by atoms with Gasteiger partial charge < -0.3 is 19.4 Å². The molecule has 1 aromatic carbocycles. The first-order valence-corrected chi connectivity index (χ1v) is 10.7. The monoisotopic (exact) mass is 443 g/mol. The number of rotatable bonds is 7. The highest BCUT2D eigenvalue weighted by Gasteiger charge is 2.26. The third-order valence-electron chi connectivity index (χ3n) is 5.47. The molecular formula is C23H30FN5O3. The number of halogens is 1. The van der Waals surface area contributed by atoms with Crippen LogP contribution in [0.3, 0.4) is 0 Å². The number of likely N-dealkylation sites (tertiary alicyclic amines) is 1. The number of likely N-dealkylation sites (N-methyl/N-ethyl adjacent to an activating group) is 1. The minimum Gasteiger partial charge on any atom is -0.484 e. The van der Waals surface area contributed by atoms with Crippen LogP contribution in [-0.2, 0) is 16.1 Å². The Morgan fingerprint density at radius 2 is 1.91 bits per heavy atom. The Hall–Kier alpha value is -3.23. The normalized spacial score (nSPS) is 15.9. The minimum absolute atomic E-state index is 0.0603. The van der Waals surface area contributed by atoms with Crippen molar-refractivity contribution in [1.29, 1.82) is 0 Å². The number of aromatic nitrogens is 2. The summed E-state index contributed by atoms with van der Waals surface area (Å²) in [6.07, 6.45) is 1.83. The maximum Gasteiger partial charge on any atom is 0.260 e. The summed E-state index contributed by atoms with van der Waals surface area (Å²) >= 11 is 0. The Kier molecular flexibility index (Phi) is 7.61. The summed E-state index contributed by atoms with van der Waals surface area (Å²) in [4.78, 5) is 39.1. The number of anilines is 1. The quantitative estimate of drug-likeness (QED) is 0.654. The molecule has 8 nitrogen and oxygen atoms in total. The molecule has 1 aliphatic rings. The van der Waals surface area contributed by atoms with Gasteiger partial charge in [-0.25, -0.2) is 14.4 Å². The molecule has 0 saturated carbocycles. The van der Waals surface area contributed by atoms with Gasteiger partial charge in [-0.15, -0.1) is 0 Å². The zero-order valence-electron chi connectivity index (χ0n) is 19.0. The fraction of sp³-hybridized carbons (Fsp3) is 0.478. The van der Waals surface area contributed by atoms with E-state index in [0.717, 1.165) is 30.9 Å². The molecule has 1 saturated heterocycles. The first kappa shape index (κ1) is 23.4. The van der Waals surface area contributed by atoms with Crippen LogP contribution >= 0.6 is 0 Å². The number of carbonyl (C=O) groups is 2. The van der Waals surface area contributed by atoms with Gasteiger partial charge >= 0.3 is 0 Å². The molecule has 2 aromatic rings. The van der Waals surface area contributed by atoms with Crippen LogP contribution in [0.5, 0.6) is 5.75 Å². The van der Waals surface area contributed by atoms with Gasteiger partial charge in [0.1, 0.15) is 23.2 Å². The topological polar surface area (TPSA) is 78.9 Å². The van der Waals surface area contributed by atoms with Crippen molar-refractivity contribution < 1.29 is 18.7 Å². The van der Waals surface area contributed by atoms with E-state index in [1.54, 1.807) is 14.0 Å². The van der Waals surface area contributed by atoms with Gasteiger partial charge in [0.25, 0.3) is 5.91 Å². The Morgan fingerprint density at radius 1 is 1.19 bits per heavy atom. The highest BCUT2D eigenvalue weighted by Crippen LogP contribution is 2.26. The molecule has 32 heavy (non-hydrogen) atoms. The number of nitrogens with zero attached hydrogens (tertiary/aromatic N) is 5. The third-order valence-corrected chi connectivity index (χ3v) is 5.47. The predicted octanol–water partition coefficient (Wildman–Crippen LogP) is 2.45. The van der Waals surface area contributed by atoms with Crippen LogP contribution in [-0.4, -0.2) is 72.4 Å². The molecule has 172 valence electrons. The molecule has 1 aliphatic heterocycles. The summed E-state index contributed by atoms with van der Waals surface area (Å²) in [5.74, 6) is 1.43. The number of ether oxygens (including phenoxy) is 1. The van der Waals surface area contributed by atoms with Crippen LogP contribution in [0.2, 0.25) is 0 Å². The summed E-state index contributed by atoms with van der Waals surface area (Å²) in [6.45, 7) is 3.09. The number of hydrogen-bond acceptors (Lipinski definition) is 6. The second-order valence-electron chi connectivity index (χ2n) is 8.27. The van der Waals surface area contributed by atoms with Gasteiger partial charge in [-0.05, 0) is 37.1 Å². The number of amides is 2. The minimum atomic E-state index is -0.360. The molecule has 2 heterocycles. The highest BCUT2D eigenvalue weighted by atomic mass is 19.1. The molecular weight excluding hydrogens is 413 g/mol. The van der Waals surface area contributed by atoms with Gasteiger partial charge in [-0.2, -0.15) is 0 Å². The maximum atomic E-state index is 13.0. The SMILES string of the molecule is CC(=O)N1CCC[C@H](c2nc(CN(C)C(=O)COc3ccc(F)cc3)cc(N(C)C)n2)C1. The molecule has 9 heteroatoms. The van der Waals surface area contributed by atoms with Crippen LogP contribution in [0.4, 0.5) is 10.2 Å². The van der Waals surface area contributed by atoms with Crippen LogP contribution in [0.1, 0.15) is 37.2 Å². The lowest BCUT2D eigenvalue weighted by molar-refractivity contribution is -0.132. The summed E-state index contributed by atoms with van der Waals surface area (Å²) < 4.78 is 18.5. The number of benzene rings is 1. The summed E-state index contributed by atoms with van der Waals surface area (Å²) in [6, 6.07) is 7.40. The molecule has 0 radical (unpaired) electrons. The summed E-state index contributed by atoms with van der Waals surface area (Å²) in [5.41, 5.74) is 0.719. The van der Waals surface area contributed by atoms with Crippen molar-refractivity contribution in [3.05, 3.63) is 47.7 Å². The van der Waals surface area contributed by atoms with Gasteiger partial charge in [-0.3, -0.25) is 9.59 Å². The van der Waals surface area contributed by atoms with Gasteiger partial charge in [0.2, 0.25) is 5.91 Å². The second kappa shape index (κ2) is 10.4. The molecule has 3 rings (SSSR count). The Bertz CT molecular complexity index is 951. The van der Waals surface area contributed by atoms with Gasteiger partial charge in [0.05, 0.1) is 12.2 Å². The van der Waals surface area contributed by atoms with E-state index >= 15 is 0 Å². The fourth-order valence-corrected chi connectivity index (χ4v) is 3.59. The van der Waals surface area contributed by atoms with E-state index < -0.39 is 0 Å². The largest absolute Gasteiger partial charge is 0.484 e. The third kappa shape index (κ3) is 6.15. The van der Waals surface area contributed by atoms with Crippen molar-refractivity contribution in [2.45, 2.75) is 32.2 Å². The zero-order valence-corrected chi connectivity index (χ0v) is 19.0. The van der Waals surface area contributed by atoms with E-state index in [9.17, 15) is 14.0 Å². The average Bonchev–Trinajstić information content (AvgIpc) is 2.78. The van der Waals surface area contributed by atoms with Crippen LogP contribution in [0.25, 0.3) is 0 Å². The van der Waals surface area contributed by atoms with Crippen molar-refractivity contribution in [2.75, 3.05) is 45.7 Å². The number of piperidine rings is 1. The lowest BCUT2D eigenvalue weighted by Crippen LogP contribution is -2.38. The van der Waals surface area contributed by atoms with E-state index in [2.05, 4.69) is 0 Å². The molecule has 2 amide bonds. The first-order chi connectivity index (χ1) is 15.2. The summed E-state index contributed by atoms with van der Waals surface area (Å²) in [5, 5.41) is 0. The Balaban J connectivity index is 1.69. The molecule has 0 spiro atoms. The number of hydrogen-bond donors (Lipinski definition) is 0. The molecule has 1 fully saturated rings. The van der Waals surface area contributed by atoms with Crippen molar-refractivity contribution in [1.82, 2.24) is 19.8 Å². The van der Waals surface area contributed by atoms with Crippen LogP contribution in [0.15, 0.2) is 30.3 Å². The van der Waals surface area contributed by atoms with Gasteiger partial charge in [0, 0.05) is 53.1 Å². The van der Waals surface area contributed by atoms with Crippen molar-refractivity contribution >= 4 is 17.6 Å². The van der Waals surface area contributed by atoms with Crippen molar-refractivity contribution in [3.8, 4) is 5.75 Å². The smallest absolute Gasteiger partial charge is 0.260 e. The Morgan fingerprint density at radius 3 is 2.56 bits per heavy atom. The lowest BCUT2D eigenvalue weighted by Gasteiger charge is -2.31. The van der Waals surface area contributed by atoms with E-state index in [-0.39, 0.29) is 30.2 Å². The second-order valence-corrected chi connectivity index (χ2v) is 8.27. The van der Waals surface area contributed by atoms with Crippen LogP contribution < -0.4 is 9.64 Å². The molecule has 1 aromatic heterocycles. The highest BCUT2D eigenvalue weighted by molar-refractivity contribution is 5.77. The van der Waals surface area contributed by atoms with E-state index in [1.807, 2.05) is 30.0 Å². The van der Waals surface area contributed by atoms with Gasteiger partial charge in [-0.1, -0.05) is 0 Å². The van der Waals surface area contributed by atoms with Crippen molar-refractivity contribution in [3.63, 3.8) is 0 Å². The fourth-order valence-electron chi connectivity index (χ4n) is 3.59. The van der Waals surface area contributed by atoms with Gasteiger partial charge in [0.15, 0.2) is 6.61 Å². The Labute approximate surface area is 188 Å². The van der Waals surface area contributed by atoms with Crippen molar-refractivity contribution in [2.24, 2.45) is 0 Å². The molecule has 0 unspecified atom stereocenters. The first-order valence-electron chi connectivity index (χ1n) is 10.7. The molecule has 1 atom stereocenters. The van der Waals surface area contributed by atoms with E-state index in [4.69, 9.17) is 14.7 Å². The lowest BCUT2D eigenvalue weighted by atomic mass is 9.97. The molecule has 0 bridgehead atoms. The average molecular weight is 444 g/mol. The zero-order chi connectivity index (χ0) is 23.3. The standard InChI is InChI=1S/C23H30FN5O3/c1-16(30)29-11-5-6-17(13-29)23-25-19(12-21(26-23)27(2)3)14-28(4)22(31)15-32-20-9-7-18(24)8-10-20/h7-10,12,17H,5-6,11,13-15H2,1-4H3/t17-/m0/s1. The molecule has 0 aliphatic carbocycles. The summed E-state index contributed by atoms with van der Waals surface area (Å²) in [7, 11) is 5.50. The molecule has 0 N–H and O–H groups in total. The number of carbonyl (C=O) groups excluding carboxylic acids is 2.